The quantitative estimate of drug-likeness (QED) is 0.525. The Bertz CT molecular complexity index is 823. The van der Waals surface area contributed by atoms with Crippen LogP contribution in [0.3, 0.4) is 0 Å². The number of hydrogen-bond donors (Lipinski definition) is 1. The molecule has 0 aliphatic carbocycles. The van der Waals surface area contributed by atoms with Crippen molar-refractivity contribution in [3.8, 4) is 5.75 Å². The van der Waals surface area contributed by atoms with E-state index in [0.717, 1.165) is 21.4 Å². The van der Waals surface area contributed by atoms with Crippen LogP contribution in [-0.2, 0) is 0 Å². The van der Waals surface area contributed by atoms with E-state index in [0.29, 0.717) is 22.1 Å². The number of carbonyl (C=O) groups is 1. The summed E-state index contributed by atoms with van der Waals surface area (Å²) in [7, 11) is 1.60. The van der Waals surface area contributed by atoms with Crippen molar-refractivity contribution in [3.63, 3.8) is 0 Å². The molecular formula is C16H14BrN3O2S. The topological polar surface area (TPSA) is 67.9 Å². The summed E-state index contributed by atoms with van der Waals surface area (Å²) in [5.74, 6) is 1.09. The third-order valence-electron chi connectivity index (χ3n) is 3.33. The molecule has 0 aliphatic heterocycles. The van der Waals surface area contributed by atoms with Crippen LogP contribution in [0.2, 0.25) is 0 Å². The molecule has 3 rings (SSSR count). The van der Waals surface area contributed by atoms with E-state index in [-0.39, 0.29) is 5.78 Å². The lowest BCUT2D eigenvalue weighted by Crippen LogP contribution is -2.02. The number of rotatable bonds is 5. The van der Waals surface area contributed by atoms with Crippen molar-refractivity contribution in [2.75, 3.05) is 12.9 Å². The highest BCUT2D eigenvalue weighted by Crippen LogP contribution is 2.23. The molecule has 7 heteroatoms. The van der Waals surface area contributed by atoms with Gasteiger partial charge >= 0.3 is 0 Å². The Morgan fingerprint density at radius 3 is 2.74 bits per heavy atom. The van der Waals surface area contributed by atoms with E-state index < -0.39 is 0 Å². The number of nitrogens with zero attached hydrogens (tertiary/aromatic N) is 2. The van der Waals surface area contributed by atoms with Gasteiger partial charge in [-0.15, -0.1) is 0 Å². The maximum Gasteiger partial charge on any atom is 0.178 e. The van der Waals surface area contributed by atoms with E-state index in [1.807, 2.05) is 13.0 Å². The van der Waals surface area contributed by atoms with Gasteiger partial charge in [0.2, 0.25) is 0 Å². The lowest BCUT2D eigenvalue weighted by Gasteiger charge is -2.02. The molecule has 1 N–H and O–H groups in total. The molecular weight excluding hydrogens is 378 g/mol. The molecule has 0 amide bonds. The first-order chi connectivity index (χ1) is 11.1. The van der Waals surface area contributed by atoms with Gasteiger partial charge in [-0.05, 0) is 53.2 Å². The number of nitrogens with one attached hydrogen (secondary N) is 1. The molecule has 0 saturated heterocycles. The van der Waals surface area contributed by atoms with Crippen LogP contribution in [0.4, 0.5) is 0 Å². The summed E-state index contributed by atoms with van der Waals surface area (Å²) in [6, 6.07) is 9.04. The van der Waals surface area contributed by atoms with Crippen molar-refractivity contribution in [2.45, 2.75) is 12.1 Å². The molecule has 0 bridgehead atoms. The maximum absolute atomic E-state index is 12.2. The first-order valence-electron chi connectivity index (χ1n) is 6.89. The standard InChI is InChI=1S/C16H14BrN3O2S/c1-9-12(17)7-13-15(18-9)20-16(19-13)23-8-14(21)10-3-5-11(22-2)6-4-10/h3-7H,8H2,1-2H3,(H,18,19,20). The molecule has 1 aromatic carbocycles. The molecule has 0 aliphatic rings. The second-order valence-electron chi connectivity index (χ2n) is 4.91. The summed E-state index contributed by atoms with van der Waals surface area (Å²) in [6.45, 7) is 1.91. The molecule has 0 saturated carbocycles. The fourth-order valence-electron chi connectivity index (χ4n) is 2.05. The van der Waals surface area contributed by atoms with Crippen LogP contribution in [0.15, 0.2) is 40.0 Å². The second kappa shape index (κ2) is 6.72. The monoisotopic (exact) mass is 391 g/mol. The fourth-order valence-corrected chi connectivity index (χ4v) is 3.13. The second-order valence-corrected chi connectivity index (χ2v) is 6.73. The van der Waals surface area contributed by atoms with Crippen molar-refractivity contribution >= 4 is 44.6 Å². The Hall–Kier alpha value is -1.86. The minimum atomic E-state index is 0.0448. The number of Topliss-reactive ketones (excluding diaryl/α,β-unsaturated/α-hetero) is 1. The lowest BCUT2D eigenvalue weighted by atomic mass is 10.1. The summed E-state index contributed by atoms with van der Waals surface area (Å²) in [4.78, 5) is 24.2. The highest BCUT2D eigenvalue weighted by atomic mass is 79.9. The summed E-state index contributed by atoms with van der Waals surface area (Å²) >= 11 is 4.82. The third kappa shape index (κ3) is 3.56. The number of aromatic nitrogens is 3. The molecule has 5 nitrogen and oxygen atoms in total. The number of methoxy groups -OCH3 is 1. The zero-order valence-electron chi connectivity index (χ0n) is 12.6. The van der Waals surface area contributed by atoms with Crippen molar-refractivity contribution in [1.29, 1.82) is 0 Å². The molecule has 2 heterocycles. The minimum Gasteiger partial charge on any atom is -0.497 e. The van der Waals surface area contributed by atoms with Crippen LogP contribution in [-0.4, -0.2) is 33.6 Å². The van der Waals surface area contributed by atoms with Gasteiger partial charge in [0, 0.05) is 10.0 Å². The number of hydrogen-bond acceptors (Lipinski definition) is 5. The van der Waals surface area contributed by atoms with Gasteiger partial charge in [-0.3, -0.25) is 4.79 Å². The van der Waals surface area contributed by atoms with Gasteiger partial charge in [0.15, 0.2) is 16.6 Å². The van der Waals surface area contributed by atoms with Crippen molar-refractivity contribution in [3.05, 3.63) is 46.1 Å². The Kier molecular flexibility index (Phi) is 4.68. The Labute approximate surface area is 146 Å². The van der Waals surface area contributed by atoms with Crippen LogP contribution < -0.4 is 4.74 Å². The Morgan fingerprint density at radius 1 is 1.30 bits per heavy atom. The number of benzene rings is 1. The average molecular weight is 392 g/mol. The van der Waals surface area contributed by atoms with Gasteiger partial charge in [-0.2, -0.15) is 0 Å². The highest BCUT2D eigenvalue weighted by Gasteiger charge is 2.11. The van der Waals surface area contributed by atoms with Crippen molar-refractivity contribution in [2.24, 2.45) is 0 Å². The van der Waals surface area contributed by atoms with E-state index >= 15 is 0 Å². The first kappa shape index (κ1) is 16.0. The molecule has 3 aromatic rings. The third-order valence-corrected chi connectivity index (χ3v) is 5.01. The fraction of sp³-hybridized carbons (Fsp3) is 0.188. The van der Waals surface area contributed by atoms with Crippen molar-refractivity contribution < 1.29 is 9.53 Å². The van der Waals surface area contributed by atoms with Gasteiger partial charge in [0.05, 0.1) is 24.1 Å². The van der Waals surface area contributed by atoms with Gasteiger partial charge in [-0.1, -0.05) is 11.8 Å². The number of thioether (sulfide) groups is 1. The van der Waals surface area contributed by atoms with Crippen LogP contribution in [0, 0.1) is 6.92 Å². The molecule has 0 fully saturated rings. The summed E-state index contributed by atoms with van der Waals surface area (Å²) in [6.07, 6.45) is 0. The molecule has 23 heavy (non-hydrogen) atoms. The zero-order chi connectivity index (χ0) is 16.4. The van der Waals surface area contributed by atoms with Crippen LogP contribution >= 0.6 is 27.7 Å². The van der Waals surface area contributed by atoms with Gasteiger partial charge in [-0.25, -0.2) is 9.97 Å². The number of aromatic amines is 1. The lowest BCUT2D eigenvalue weighted by molar-refractivity contribution is 0.102. The molecule has 0 unspecified atom stereocenters. The smallest absolute Gasteiger partial charge is 0.178 e. The van der Waals surface area contributed by atoms with Crippen molar-refractivity contribution in [1.82, 2.24) is 15.0 Å². The number of carbonyl (C=O) groups excluding carboxylic acids is 1. The highest BCUT2D eigenvalue weighted by molar-refractivity contribution is 9.10. The SMILES string of the molecule is COc1ccc(C(=O)CSc2nc3nc(C)c(Br)cc3[nH]2)cc1. The normalized spacial score (nSPS) is 10.9. The number of fused-ring (bicyclic) bond motifs is 1. The predicted octanol–water partition coefficient (Wildman–Crippen LogP) is 4.01. The summed E-state index contributed by atoms with van der Waals surface area (Å²) < 4.78 is 6.02. The largest absolute Gasteiger partial charge is 0.497 e. The van der Waals surface area contributed by atoms with Gasteiger partial charge in [0.1, 0.15) is 5.75 Å². The predicted molar refractivity (Wildman–Crippen MR) is 94.4 cm³/mol. The van der Waals surface area contributed by atoms with E-state index in [9.17, 15) is 4.79 Å². The summed E-state index contributed by atoms with van der Waals surface area (Å²) in [5.41, 5.74) is 3.05. The van der Waals surface area contributed by atoms with E-state index in [1.54, 1.807) is 31.4 Å². The number of ketones is 1. The van der Waals surface area contributed by atoms with Gasteiger partial charge < -0.3 is 9.72 Å². The molecule has 2 aromatic heterocycles. The number of aryl methyl sites for hydroxylation is 1. The number of imidazole rings is 1. The Balaban J connectivity index is 1.70. The van der Waals surface area contributed by atoms with Crippen LogP contribution in [0.5, 0.6) is 5.75 Å². The number of H-pyrrole nitrogens is 1. The molecule has 118 valence electrons. The average Bonchev–Trinajstić information content (AvgIpc) is 2.95. The molecule has 0 radical (unpaired) electrons. The number of ether oxygens (including phenoxy) is 1. The van der Waals surface area contributed by atoms with Crippen LogP contribution in [0.25, 0.3) is 11.2 Å². The van der Waals surface area contributed by atoms with E-state index in [4.69, 9.17) is 4.74 Å². The number of pyridine rings is 1. The number of halogens is 1. The summed E-state index contributed by atoms with van der Waals surface area (Å²) in [5, 5.41) is 0.687. The van der Waals surface area contributed by atoms with E-state index in [2.05, 4.69) is 30.9 Å². The molecule has 0 spiro atoms. The molecule has 0 atom stereocenters. The zero-order valence-corrected chi connectivity index (χ0v) is 15.0. The van der Waals surface area contributed by atoms with Crippen LogP contribution in [0.1, 0.15) is 16.1 Å². The maximum atomic E-state index is 12.2. The van der Waals surface area contributed by atoms with Gasteiger partial charge in [0.25, 0.3) is 0 Å². The minimum absolute atomic E-state index is 0.0448. The van der Waals surface area contributed by atoms with E-state index in [1.165, 1.54) is 11.8 Å². The first-order valence-corrected chi connectivity index (χ1v) is 8.67. The Morgan fingerprint density at radius 2 is 2.04 bits per heavy atom.